The van der Waals surface area contributed by atoms with Crippen molar-refractivity contribution in [2.45, 2.75) is 32.6 Å². The Balaban J connectivity index is 2.84. The molecule has 15 heavy (non-hydrogen) atoms. The van der Waals surface area contributed by atoms with Crippen molar-refractivity contribution in [2.24, 2.45) is 5.73 Å². The topological polar surface area (TPSA) is 26.0 Å². The molecule has 0 aliphatic heterocycles. The van der Waals surface area contributed by atoms with Gasteiger partial charge in [-0.1, -0.05) is 13.0 Å². The lowest BCUT2D eigenvalue weighted by atomic mass is 10.0. The predicted molar refractivity (Wildman–Crippen MR) is 57.7 cm³/mol. The maximum atomic E-state index is 13.7. The minimum absolute atomic E-state index is 0.211. The summed E-state index contributed by atoms with van der Waals surface area (Å²) < 4.78 is 27.0. The van der Waals surface area contributed by atoms with Gasteiger partial charge in [-0.05, 0) is 43.9 Å². The van der Waals surface area contributed by atoms with Gasteiger partial charge in [-0.25, -0.2) is 8.78 Å². The van der Waals surface area contributed by atoms with E-state index in [1.54, 1.807) is 0 Å². The molecule has 0 atom stereocenters. The molecule has 0 spiro atoms. The first kappa shape index (κ1) is 12.1. The van der Waals surface area contributed by atoms with Crippen LogP contribution >= 0.6 is 0 Å². The first-order valence-corrected chi connectivity index (χ1v) is 5.36. The molecule has 0 heterocycles. The van der Waals surface area contributed by atoms with E-state index in [4.69, 9.17) is 5.73 Å². The molecule has 1 nitrogen and oxygen atoms in total. The molecule has 2 N–H and O–H groups in total. The zero-order valence-electron chi connectivity index (χ0n) is 9.02. The maximum Gasteiger partial charge on any atom is 0.132 e. The largest absolute Gasteiger partial charge is 0.330 e. The molecule has 1 aromatic carbocycles. The molecule has 0 radical (unpaired) electrons. The van der Waals surface area contributed by atoms with E-state index in [2.05, 4.69) is 0 Å². The van der Waals surface area contributed by atoms with E-state index >= 15 is 0 Å². The summed E-state index contributed by atoms with van der Waals surface area (Å²) in [5.41, 5.74) is 6.13. The second-order valence-electron chi connectivity index (χ2n) is 3.60. The monoisotopic (exact) mass is 213 g/mol. The molecule has 0 unspecified atom stereocenters. The fourth-order valence-corrected chi connectivity index (χ4v) is 1.59. The normalized spacial score (nSPS) is 10.7. The van der Waals surface area contributed by atoms with E-state index < -0.39 is 5.82 Å². The molecule has 0 amide bonds. The summed E-state index contributed by atoms with van der Waals surface area (Å²) in [6.07, 6.45) is 2.56. The Hall–Kier alpha value is -0.960. The highest BCUT2D eigenvalue weighted by Gasteiger charge is 2.11. The first-order valence-electron chi connectivity index (χ1n) is 5.36. The van der Waals surface area contributed by atoms with Crippen LogP contribution in [0.5, 0.6) is 0 Å². The standard InChI is InChI=1S/C12H17F2N/c1-2-9-6-7-11(13)10(12(9)14)5-3-4-8-15/h6-7H,2-5,8,15H2,1H3. The molecule has 0 fully saturated rings. The number of hydrogen-bond donors (Lipinski definition) is 1. The highest BCUT2D eigenvalue weighted by Crippen LogP contribution is 2.19. The van der Waals surface area contributed by atoms with Crippen LogP contribution in [0.15, 0.2) is 12.1 Å². The van der Waals surface area contributed by atoms with Crippen molar-refractivity contribution < 1.29 is 8.78 Å². The van der Waals surface area contributed by atoms with Crippen molar-refractivity contribution in [3.8, 4) is 0 Å². The van der Waals surface area contributed by atoms with Gasteiger partial charge in [0.05, 0.1) is 0 Å². The Bertz CT molecular complexity index is 324. The summed E-state index contributed by atoms with van der Waals surface area (Å²) in [6, 6.07) is 2.86. The van der Waals surface area contributed by atoms with Crippen molar-refractivity contribution in [1.29, 1.82) is 0 Å². The summed E-state index contributed by atoms with van der Waals surface area (Å²) in [5.74, 6) is -0.823. The molecule has 0 bridgehead atoms. The fraction of sp³-hybridized carbons (Fsp3) is 0.500. The highest BCUT2D eigenvalue weighted by molar-refractivity contribution is 5.27. The van der Waals surface area contributed by atoms with Gasteiger partial charge in [0.15, 0.2) is 0 Å². The molecule has 0 aliphatic carbocycles. The summed E-state index contributed by atoms with van der Waals surface area (Å²) in [4.78, 5) is 0. The molecule has 3 heteroatoms. The number of rotatable bonds is 5. The minimum atomic E-state index is -0.443. The first-order chi connectivity index (χ1) is 7.20. The summed E-state index contributed by atoms with van der Waals surface area (Å²) in [7, 11) is 0. The third-order valence-electron chi connectivity index (χ3n) is 2.53. The predicted octanol–water partition coefficient (Wildman–Crippen LogP) is 2.81. The number of hydrogen-bond acceptors (Lipinski definition) is 1. The van der Waals surface area contributed by atoms with Gasteiger partial charge in [0.1, 0.15) is 11.6 Å². The second kappa shape index (κ2) is 5.81. The van der Waals surface area contributed by atoms with Crippen LogP contribution in [0.1, 0.15) is 30.9 Å². The average Bonchev–Trinajstić information content (AvgIpc) is 2.23. The quantitative estimate of drug-likeness (QED) is 0.748. The van der Waals surface area contributed by atoms with Gasteiger partial charge < -0.3 is 5.73 Å². The summed E-state index contributed by atoms with van der Waals surface area (Å²) in [6.45, 7) is 2.43. The lowest BCUT2D eigenvalue weighted by molar-refractivity contribution is 0.539. The molecule has 0 aromatic heterocycles. The van der Waals surface area contributed by atoms with Crippen LogP contribution in [-0.4, -0.2) is 6.54 Å². The number of aryl methyl sites for hydroxylation is 1. The van der Waals surface area contributed by atoms with E-state index in [1.165, 1.54) is 12.1 Å². The lowest BCUT2D eigenvalue weighted by Crippen LogP contribution is -2.03. The second-order valence-corrected chi connectivity index (χ2v) is 3.60. The van der Waals surface area contributed by atoms with E-state index in [9.17, 15) is 8.78 Å². The molecule has 0 aliphatic rings. The van der Waals surface area contributed by atoms with Crippen LogP contribution in [0.4, 0.5) is 8.78 Å². The van der Waals surface area contributed by atoms with Gasteiger partial charge in [0.2, 0.25) is 0 Å². The van der Waals surface area contributed by atoms with Crippen LogP contribution in [-0.2, 0) is 12.8 Å². The van der Waals surface area contributed by atoms with Gasteiger partial charge in [-0.2, -0.15) is 0 Å². The van der Waals surface area contributed by atoms with E-state index in [1.807, 2.05) is 6.92 Å². The van der Waals surface area contributed by atoms with E-state index in [0.717, 1.165) is 12.8 Å². The van der Waals surface area contributed by atoms with E-state index in [-0.39, 0.29) is 11.4 Å². The van der Waals surface area contributed by atoms with Crippen molar-refractivity contribution in [3.63, 3.8) is 0 Å². The van der Waals surface area contributed by atoms with Crippen molar-refractivity contribution >= 4 is 0 Å². The Labute approximate surface area is 89.3 Å². The fourth-order valence-electron chi connectivity index (χ4n) is 1.59. The molecule has 84 valence electrons. The van der Waals surface area contributed by atoms with Crippen molar-refractivity contribution in [2.75, 3.05) is 6.54 Å². The number of halogens is 2. The van der Waals surface area contributed by atoms with Gasteiger partial charge >= 0.3 is 0 Å². The van der Waals surface area contributed by atoms with E-state index in [0.29, 0.717) is 24.9 Å². The number of unbranched alkanes of at least 4 members (excludes halogenated alkanes) is 1. The average molecular weight is 213 g/mol. The molecular formula is C12H17F2N. The van der Waals surface area contributed by atoms with Crippen molar-refractivity contribution in [1.82, 2.24) is 0 Å². The lowest BCUT2D eigenvalue weighted by Gasteiger charge is -2.08. The zero-order valence-corrected chi connectivity index (χ0v) is 9.02. The molecule has 0 saturated heterocycles. The minimum Gasteiger partial charge on any atom is -0.330 e. The van der Waals surface area contributed by atoms with Gasteiger partial charge in [-0.15, -0.1) is 0 Å². The zero-order chi connectivity index (χ0) is 11.3. The molecule has 0 saturated carbocycles. The molecule has 1 aromatic rings. The van der Waals surface area contributed by atoms with Crippen molar-refractivity contribution in [3.05, 3.63) is 34.9 Å². The molecular weight excluding hydrogens is 196 g/mol. The highest BCUT2D eigenvalue weighted by atomic mass is 19.1. The van der Waals surface area contributed by atoms with Crippen LogP contribution < -0.4 is 5.73 Å². The number of benzene rings is 1. The molecule has 1 rings (SSSR count). The maximum absolute atomic E-state index is 13.7. The third-order valence-corrected chi connectivity index (χ3v) is 2.53. The Morgan fingerprint density at radius 2 is 1.93 bits per heavy atom. The summed E-state index contributed by atoms with van der Waals surface area (Å²) >= 11 is 0. The third kappa shape index (κ3) is 2.99. The van der Waals surface area contributed by atoms with Crippen LogP contribution in [0.25, 0.3) is 0 Å². The van der Waals surface area contributed by atoms with Crippen LogP contribution in [0, 0.1) is 11.6 Å². The van der Waals surface area contributed by atoms with Gasteiger partial charge in [0.25, 0.3) is 0 Å². The van der Waals surface area contributed by atoms with Gasteiger partial charge in [-0.3, -0.25) is 0 Å². The Kier molecular flexibility index (Phi) is 4.69. The Morgan fingerprint density at radius 3 is 2.53 bits per heavy atom. The van der Waals surface area contributed by atoms with Crippen LogP contribution in [0.3, 0.4) is 0 Å². The summed E-state index contributed by atoms with van der Waals surface area (Å²) in [5, 5.41) is 0. The Morgan fingerprint density at radius 1 is 1.20 bits per heavy atom. The number of nitrogens with two attached hydrogens (primary N) is 1. The smallest absolute Gasteiger partial charge is 0.132 e. The van der Waals surface area contributed by atoms with Crippen LogP contribution in [0.2, 0.25) is 0 Å². The van der Waals surface area contributed by atoms with Gasteiger partial charge in [0, 0.05) is 5.56 Å². The SMILES string of the molecule is CCc1ccc(F)c(CCCCN)c1F.